The van der Waals surface area contributed by atoms with Crippen LogP contribution in [0.2, 0.25) is 0 Å². The van der Waals surface area contributed by atoms with E-state index in [0.717, 1.165) is 5.69 Å². The van der Waals surface area contributed by atoms with E-state index in [1.54, 1.807) is 0 Å². The highest BCUT2D eigenvalue weighted by atomic mass is 15.0. The molecule has 0 saturated carbocycles. The second-order valence-corrected chi connectivity index (χ2v) is 2.86. The van der Waals surface area contributed by atoms with Gasteiger partial charge in [0.2, 0.25) is 0 Å². The lowest BCUT2D eigenvalue weighted by atomic mass is 10.2. The van der Waals surface area contributed by atoms with Gasteiger partial charge in [-0.2, -0.15) is 0 Å². The fraction of sp³-hybridized carbons (Fsp3) is 0.0909. The van der Waals surface area contributed by atoms with Gasteiger partial charge in [-0.15, -0.1) is 0 Å². The largest absolute Gasteiger partial charge is 0.386 e. The fourth-order valence-corrected chi connectivity index (χ4v) is 1.41. The number of para-hydroxylation sites is 2. The van der Waals surface area contributed by atoms with Crippen LogP contribution in [0.25, 0.3) is 5.69 Å². The average Bonchev–Trinajstić information content (AvgIpc) is 2.70. The second-order valence-electron chi connectivity index (χ2n) is 2.86. The standard InChI is InChI=1S/C11H12N2/c1-12-10-6-2-3-7-11(10)13-8-4-5-9-13/h2-9,12H,1H3. The maximum atomic E-state index is 3.16. The second kappa shape index (κ2) is 3.35. The smallest absolute Gasteiger partial charge is 0.0682 e. The van der Waals surface area contributed by atoms with E-state index in [9.17, 15) is 0 Å². The Labute approximate surface area is 77.8 Å². The zero-order chi connectivity index (χ0) is 9.10. The molecule has 1 heterocycles. The quantitative estimate of drug-likeness (QED) is 0.736. The molecule has 0 spiro atoms. The molecule has 0 amide bonds. The summed E-state index contributed by atoms with van der Waals surface area (Å²) in [4.78, 5) is 0. The van der Waals surface area contributed by atoms with Gasteiger partial charge in [-0.05, 0) is 24.3 Å². The normalized spacial score (nSPS) is 9.92. The summed E-state index contributed by atoms with van der Waals surface area (Å²) in [5.41, 5.74) is 2.31. The maximum Gasteiger partial charge on any atom is 0.0682 e. The van der Waals surface area contributed by atoms with E-state index in [0.29, 0.717) is 0 Å². The Bertz CT molecular complexity index is 377. The Morgan fingerprint density at radius 2 is 1.69 bits per heavy atom. The van der Waals surface area contributed by atoms with Crippen LogP contribution in [0.4, 0.5) is 5.69 Å². The van der Waals surface area contributed by atoms with Crippen LogP contribution in [0, 0.1) is 0 Å². The van der Waals surface area contributed by atoms with E-state index >= 15 is 0 Å². The molecule has 2 nitrogen and oxygen atoms in total. The number of rotatable bonds is 2. The number of nitrogens with zero attached hydrogens (tertiary/aromatic N) is 1. The molecule has 0 radical (unpaired) electrons. The molecule has 2 heteroatoms. The molecular weight excluding hydrogens is 160 g/mol. The monoisotopic (exact) mass is 172 g/mol. The Morgan fingerprint density at radius 1 is 1.00 bits per heavy atom. The lowest BCUT2D eigenvalue weighted by Gasteiger charge is -2.09. The Kier molecular flexibility index (Phi) is 2.04. The highest BCUT2D eigenvalue weighted by Gasteiger charge is 1.99. The highest BCUT2D eigenvalue weighted by Crippen LogP contribution is 2.18. The molecule has 0 aliphatic rings. The summed E-state index contributed by atoms with van der Waals surface area (Å²) in [7, 11) is 1.93. The summed E-state index contributed by atoms with van der Waals surface area (Å²) in [6, 6.07) is 12.3. The minimum atomic E-state index is 1.14. The van der Waals surface area contributed by atoms with E-state index < -0.39 is 0 Å². The number of hydrogen-bond acceptors (Lipinski definition) is 1. The minimum Gasteiger partial charge on any atom is -0.386 e. The zero-order valence-corrected chi connectivity index (χ0v) is 7.57. The van der Waals surface area contributed by atoms with E-state index in [2.05, 4.69) is 22.0 Å². The topological polar surface area (TPSA) is 17.0 Å². The van der Waals surface area contributed by atoms with Crippen LogP contribution in [-0.2, 0) is 0 Å². The van der Waals surface area contributed by atoms with Crippen molar-refractivity contribution < 1.29 is 0 Å². The molecule has 1 N–H and O–H groups in total. The van der Waals surface area contributed by atoms with Gasteiger partial charge >= 0.3 is 0 Å². The highest BCUT2D eigenvalue weighted by molar-refractivity contribution is 5.60. The van der Waals surface area contributed by atoms with Crippen molar-refractivity contribution in [2.45, 2.75) is 0 Å². The van der Waals surface area contributed by atoms with E-state index in [4.69, 9.17) is 0 Å². The molecule has 1 aromatic heterocycles. The average molecular weight is 172 g/mol. The molecule has 0 fully saturated rings. The number of benzene rings is 1. The molecular formula is C11H12N2. The van der Waals surface area contributed by atoms with Gasteiger partial charge in [-0.1, -0.05) is 12.1 Å². The predicted molar refractivity (Wildman–Crippen MR) is 55.3 cm³/mol. The summed E-state index contributed by atoms with van der Waals surface area (Å²) in [6.45, 7) is 0. The summed E-state index contributed by atoms with van der Waals surface area (Å²) < 4.78 is 2.09. The van der Waals surface area contributed by atoms with Crippen LogP contribution < -0.4 is 5.32 Å². The molecule has 0 aliphatic carbocycles. The van der Waals surface area contributed by atoms with Crippen LogP contribution >= 0.6 is 0 Å². The Morgan fingerprint density at radius 3 is 2.38 bits per heavy atom. The first-order valence-electron chi connectivity index (χ1n) is 4.32. The van der Waals surface area contributed by atoms with Crippen molar-refractivity contribution >= 4 is 5.69 Å². The predicted octanol–water partition coefficient (Wildman–Crippen LogP) is 2.52. The van der Waals surface area contributed by atoms with E-state index in [1.807, 2.05) is 43.7 Å². The van der Waals surface area contributed by atoms with Crippen molar-refractivity contribution in [2.75, 3.05) is 12.4 Å². The van der Waals surface area contributed by atoms with Crippen molar-refractivity contribution in [1.29, 1.82) is 0 Å². The van der Waals surface area contributed by atoms with Crippen molar-refractivity contribution in [3.63, 3.8) is 0 Å². The summed E-state index contributed by atoms with van der Waals surface area (Å²) in [6.07, 6.45) is 4.08. The number of hydrogen-bond donors (Lipinski definition) is 1. The number of anilines is 1. The van der Waals surface area contributed by atoms with Gasteiger partial charge in [0.15, 0.2) is 0 Å². The van der Waals surface area contributed by atoms with Crippen molar-refractivity contribution in [3.8, 4) is 5.69 Å². The lowest BCUT2D eigenvalue weighted by Crippen LogP contribution is -1.96. The Balaban J connectivity index is 2.51. The van der Waals surface area contributed by atoms with Gasteiger partial charge in [0, 0.05) is 19.4 Å². The molecule has 66 valence electrons. The molecule has 0 atom stereocenters. The van der Waals surface area contributed by atoms with Crippen LogP contribution in [0.3, 0.4) is 0 Å². The SMILES string of the molecule is CNc1ccccc1-n1cccc1. The molecule has 0 saturated heterocycles. The first-order chi connectivity index (χ1) is 6.42. The van der Waals surface area contributed by atoms with Crippen LogP contribution in [-0.4, -0.2) is 11.6 Å². The third kappa shape index (κ3) is 1.43. The van der Waals surface area contributed by atoms with Crippen LogP contribution in [0.15, 0.2) is 48.8 Å². The van der Waals surface area contributed by atoms with Gasteiger partial charge in [-0.25, -0.2) is 0 Å². The third-order valence-corrected chi connectivity index (χ3v) is 2.06. The van der Waals surface area contributed by atoms with Crippen molar-refractivity contribution in [1.82, 2.24) is 4.57 Å². The Hall–Kier alpha value is -1.70. The van der Waals surface area contributed by atoms with E-state index in [1.165, 1.54) is 5.69 Å². The van der Waals surface area contributed by atoms with Crippen molar-refractivity contribution in [3.05, 3.63) is 48.8 Å². The van der Waals surface area contributed by atoms with Gasteiger partial charge < -0.3 is 9.88 Å². The van der Waals surface area contributed by atoms with Gasteiger partial charge in [0.25, 0.3) is 0 Å². The molecule has 2 rings (SSSR count). The van der Waals surface area contributed by atoms with Crippen molar-refractivity contribution in [2.24, 2.45) is 0 Å². The minimum absolute atomic E-state index is 1.14. The zero-order valence-electron chi connectivity index (χ0n) is 7.57. The molecule has 13 heavy (non-hydrogen) atoms. The fourth-order valence-electron chi connectivity index (χ4n) is 1.41. The molecule has 2 aromatic rings. The van der Waals surface area contributed by atoms with Crippen LogP contribution in [0.5, 0.6) is 0 Å². The lowest BCUT2D eigenvalue weighted by molar-refractivity contribution is 1.08. The van der Waals surface area contributed by atoms with Gasteiger partial charge in [0.1, 0.15) is 0 Å². The molecule has 0 bridgehead atoms. The third-order valence-electron chi connectivity index (χ3n) is 2.06. The molecule has 1 aromatic carbocycles. The van der Waals surface area contributed by atoms with Crippen LogP contribution in [0.1, 0.15) is 0 Å². The van der Waals surface area contributed by atoms with E-state index in [-0.39, 0.29) is 0 Å². The number of nitrogens with one attached hydrogen (secondary N) is 1. The summed E-state index contributed by atoms with van der Waals surface area (Å²) in [5, 5.41) is 3.16. The van der Waals surface area contributed by atoms with Gasteiger partial charge in [0.05, 0.1) is 11.4 Å². The summed E-state index contributed by atoms with van der Waals surface area (Å²) in [5.74, 6) is 0. The van der Waals surface area contributed by atoms with Gasteiger partial charge in [-0.3, -0.25) is 0 Å². The number of aromatic nitrogens is 1. The maximum absolute atomic E-state index is 3.16. The first-order valence-corrected chi connectivity index (χ1v) is 4.32. The summed E-state index contributed by atoms with van der Waals surface area (Å²) >= 11 is 0. The first kappa shape index (κ1) is 7.92. The molecule has 0 aliphatic heterocycles. The molecule has 0 unspecified atom stereocenters.